The molecule has 1 aromatic heterocycles. The van der Waals surface area contributed by atoms with Gasteiger partial charge in [-0.15, -0.1) is 10.2 Å². The van der Waals surface area contributed by atoms with E-state index in [0.29, 0.717) is 33.6 Å². The number of hydrogen-bond acceptors (Lipinski definition) is 7. The molecule has 0 radical (unpaired) electrons. The zero-order valence-corrected chi connectivity index (χ0v) is 20.1. The summed E-state index contributed by atoms with van der Waals surface area (Å²) in [4.78, 5) is 11.2. The summed E-state index contributed by atoms with van der Waals surface area (Å²) in [7, 11) is 1.54. The van der Waals surface area contributed by atoms with Crippen LogP contribution >= 0.6 is 27.7 Å². The molecule has 164 valence electrons. The van der Waals surface area contributed by atoms with Crippen LogP contribution in [0, 0.1) is 24.0 Å². The topological polar surface area (TPSA) is 92.3 Å². The average molecular weight is 507 g/mol. The lowest BCUT2D eigenvalue weighted by Crippen LogP contribution is -2.12. The van der Waals surface area contributed by atoms with E-state index in [1.54, 1.807) is 19.2 Å². The second-order valence-corrected chi connectivity index (χ2v) is 8.80. The number of aryl methyl sites for hydroxylation is 2. The van der Waals surface area contributed by atoms with Crippen molar-refractivity contribution in [2.75, 3.05) is 20.3 Å². The summed E-state index contributed by atoms with van der Waals surface area (Å²) in [5.74, 6) is 1.80. The van der Waals surface area contributed by atoms with Crippen molar-refractivity contribution in [3.8, 4) is 17.2 Å². The second-order valence-electron chi connectivity index (χ2n) is 6.78. The van der Waals surface area contributed by atoms with Crippen molar-refractivity contribution >= 4 is 27.7 Å². The van der Waals surface area contributed by atoms with Gasteiger partial charge in [0.25, 0.3) is 0 Å². The van der Waals surface area contributed by atoms with Crippen LogP contribution in [0.2, 0.25) is 0 Å². The van der Waals surface area contributed by atoms with E-state index >= 15 is 0 Å². The number of benzene rings is 2. The first-order chi connectivity index (χ1) is 14.8. The van der Waals surface area contributed by atoms with Crippen LogP contribution < -0.4 is 9.47 Å². The van der Waals surface area contributed by atoms with Gasteiger partial charge in [-0.1, -0.05) is 45.4 Å². The normalized spacial score (nSPS) is 11.9. The van der Waals surface area contributed by atoms with Gasteiger partial charge in [0.2, 0.25) is 6.54 Å². The highest BCUT2D eigenvalue weighted by Crippen LogP contribution is 2.43. The first kappa shape index (κ1) is 23.1. The Kier molecular flexibility index (Phi) is 7.55. The van der Waals surface area contributed by atoms with Crippen LogP contribution in [0.3, 0.4) is 0 Å². The zero-order valence-electron chi connectivity index (χ0n) is 17.7. The number of aromatic nitrogens is 3. The van der Waals surface area contributed by atoms with Gasteiger partial charge in [-0.25, -0.2) is 0 Å². The molecule has 1 atom stereocenters. The Balaban J connectivity index is 2.03. The molecule has 0 spiro atoms. The number of hydrogen-bond donors (Lipinski definition) is 0. The maximum absolute atomic E-state index is 11.5. The van der Waals surface area contributed by atoms with Crippen LogP contribution in [0.4, 0.5) is 0 Å². The van der Waals surface area contributed by atoms with Gasteiger partial charge in [0.15, 0.2) is 16.7 Å². The molecule has 0 aliphatic carbocycles. The molecule has 0 aliphatic heterocycles. The highest BCUT2D eigenvalue weighted by atomic mass is 79.9. The minimum atomic E-state index is -0.526. The van der Waals surface area contributed by atoms with Gasteiger partial charge in [-0.05, 0) is 50.6 Å². The van der Waals surface area contributed by atoms with E-state index < -0.39 is 5.25 Å². The molecule has 0 fully saturated rings. The molecule has 0 aliphatic rings. The Morgan fingerprint density at radius 1 is 1.19 bits per heavy atom. The van der Waals surface area contributed by atoms with E-state index in [4.69, 9.17) is 9.47 Å². The monoisotopic (exact) mass is 506 g/mol. The highest BCUT2D eigenvalue weighted by Gasteiger charge is 2.27. The third kappa shape index (κ3) is 5.37. The molecule has 8 nitrogen and oxygen atoms in total. The minimum Gasteiger partial charge on any atom is -0.493 e. The fourth-order valence-electron chi connectivity index (χ4n) is 3.10. The third-order valence-corrected chi connectivity index (χ3v) is 6.43. The summed E-state index contributed by atoms with van der Waals surface area (Å²) in [6, 6.07) is 11.5. The molecule has 10 heteroatoms. The number of nitrogens with zero attached hydrogens (tertiary/aromatic N) is 4. The smallest absolute Gasteiger partial charge is 0.220 e. The van der Waals surface area contributed by atoms with Crippen LogP contribution in [0.5, 0.6) is 11.5 Å². The standard InChI is InChI=1S/C21H23BrN4O4S/c1-5-30-19-11-17(22)16(10-18(19)29-4)20(12-25(27)28)31-21-24-23-14(3)26(21)15-8-6-13(2)7-9-15/h6-11,20H,5,12H2,1-4H3/t20-/m1/s1. The van der Waals surface area contributed by atoms with Crippen molar-refractivity contribution in [1.29, 1.82) is 0 Å². The predicted octanol–water partition coefficient (Wildman–Crippen LogP) is 5.16. The Morgan fingerprint density at radius 3 is 2.52 bits per heavy atom. The Labute approximate surface area is 193 Å². The van der Waals surface area contributed by atoms with Gasteiger partial charge in [-0.3, -0.25) is 14.7 Å². The zero-order chi connectivity index (χ0) is 22.5. The number of thioether (sulfide) groups is 1. The molecule has 31 heavy (non-hydrogen) atoms. The van der Waals surface area contributed by atoms with Crippen LogP contribution in [0.15, 0.2) is 46.0 Å². The van der Waals surface area contributed by atoms with Gasteiger partial charge < -0.3 is 9.47 Å². The molecule has 3 aromatic rings. The lowest BCUT2D eigenvalue weighted by Gasteiger charge is -2.18. The average Bonchev–Trinajstić information content (AvgIpc) is 3.08. The van der Waals surface area contributed by atoms with Crippen LogP contribution in [0.1, 0.15) is 29.1 Å². The molecule has 3 rings (SSSR count). The van der Waals surface area contributed by atoms with Crippen molar-refractivity contribution in [2.45, 2.75) is 31.2 Å². The van der Waals surface area contributed by atoms with Gasteiger partial charge in [0.05, 0.1) is 13.7 Å². The Morgan fingerprint density at radius 2 is 1.90 bits per heavy atom. The van der Waals surface area contributed by atoms with Crippen molar-refractivity contribution in [2.24, 2.45) is 0 Å². The summed E-state index contributed by atoms with van der Waals surface area (Å²) in [5.41, 5.74) is 2.76. The number of rotatable bonds is 9. The molecule has 1 heterocycles. The second kappa shape index (κ2) is 10.1. The molecular formula is C21H23BrN4O4S. The van der Waals surface area contributed by atoms with Crippen molar-refractivity contribution in [1.82, 2.24) is 14.8 Å². The minimum absolute atomic E-state index is 0.291. The van der Waals surface area contributed by atoms with Crippen molar-refractivity contribution < 1.29 is 14.4 Å². The van der Waals surface area contributed by atoms with E-state index in [1.165, 1.54) is 11.8 Å². The first-order valence-electron chi connectivity index (χ1n) is 9.61. The van der Waals surface area contributed by atoms with Crippen LogP contribution in [0.25, 0.3) is 5.69 Å². The number of ether oxygens (including phenoxy) is 2. The summed E-state index contributed by atoms with van der Waals surface area (Å²) in [5, 5.41) is 20.0. The third-order valence-electron chi connectivity index (χ3n) is 4.58. The molecule has 0 saturated carbocycles. The molecule has 2 aromatic carbocycles. The SMILES string of the molecule is CCOc1cc(Br)c([C@@H](C[N+](=O)[O-])Sc2nnc(C)n2-c2ccc(C)cc2)cc1OC. The Bertz CT molecular complexity index is 1070. The van der Waals surface area contributed by atoms with Gasteiger partial charge >= 0.3 is 0 Å². The van der Waals surface area contributed by atoms with Gasteiger partial charge in [-0.2, -0.15) is 0 Å². The van der Waals surface area contributed by atoms with Gasteiger partial charge in [0.1, 0.15) is 11.1 Å². The molecule has 0 amide bonds. The lowest BCUT2D eigenvalue weighted by molar-refractivity contribution is -0.479. The molecule has 0 unspecified atom stereocenters. The number of halogens is 1. The van der Waals surface area contributed by atoms with Gasteiger partial charge in [0, 0.05) is 15.1 Å². The van der Waals surface area contributed by atoms with E-state index in [1.807, 2.05) is 49.6 Å². The molecule has 0 bridgehead atoms. The van der Waals surface area contributed by atoms with Crippen LogP contribution in [-0.4, -0.2) is 39.9 Å². The van der Waals surface area contributed by atoms with Crippen molar-refractivity contribution in [3.63, 3.8) is 0 Å². The predicted molar refractivity (Wildman–Crippen MR) is 123 cm³/mol. The molecular weight excluding hydrogens is 484 g/mol. The fourth-order valence-corrected chi connectivity index (χ4v) is 5.05. The Hall–Kier alpha value is -2.59. The number of methoxy groups -OCH3 is 1. The van der Waals surface area contributed by atoms with E-state index in [0.717, 1.165) is 16.8 Å². The molecule has 0 saturated heterocycles. The lowest BCUT2D eigenvalue weighted by atomic mass is 10.1. The van der Waals surface area contributed by atoms with E-state index in [9.17, 15) is 10.1 Å². The van der Waals surface area contributed by atoms with E-state index in [2.05, 4.69) is 26.1 Å². The maximum atomic E-state index is 11.5. The highest BCUT2D eigenvalue weighted by molar-refractivity contribution is 9.10. The first-order valence-corrected chi connectivity index (χ1v) is 11.3. The summed E-state index contributed by atoms with van der Waals surface area (Å²) < 4.78 is 13.7. The fraction of sp³-hybridized carbons (Fsp3) is 0.333. The maximum Gasteiger partial charge on any atom is 0.220 e. The number of nitro groups is 1. The largest absolute Gasteiger partial charge is 0.493 e. The van der Waals surface area contributed by atoms with Crippen LogP contribution in [-0.2, 0) is 0 Å². The van der Waals surface area contributed by atoms with Crippen molar-refractivity contribution in [3.05, 3.63) is 67.9 Å². The summed E-state index contributed by atoms with van der Waals surface area (Å²) >= 11 is 4.84. The summed E-state index contributed by atoms with van der Waals surface area (Å²) in [6.07, 6.45) is 0. The summed E-state index contributed by atoms with van der Waals surface area (Å²) in [6.45, 7) is 5.94. The van der Waals surface area contributed by atoms with E-state index in [-0.39, 0.29) is 11.5 Å². The quantitative estimate of drug-likeness (QED) is 0.224. The molecule has 0 N–H and O–H groups in total.